The van der Waals surface area contributed by atoms with Crippen LogP contribution in [0.5, 0.6) is 11.5 Å². The number of imidazole rings is 1. The number of hydrogen-bond donors (Lipinski definition) is 1. The van der Waals surface area contributed by atoms with E-state index in [9.17, 15) is 14.4 Å². The van der Waals surface area contributed by atoms with E-state index in [4.69, 9.17) is 9.47 Å². The Morgan fingerprint density at radius 3 is 2.74 bits per heavy atom. The monoisotopic (exact) mass is 435 g/mol. The maximum atomic E-state index is 12.5. The Balaban J connectivity index is 1.67. The van der Waals surface area contributed by atoms with Gasteiger partial charge in [0.2, 0.25) is 12.7 Å². The topological polar surface area (TPSA) is 109 Å². The van der Waals surface area contributed by atoms with Crippen molar-refractivity contribution in [2.45, 2.75) is 6.54 Å². The van der Waals surface area contributed by atoms with Crippen LogP contribution in [0.3, 0.4) is 0 Å². The van der Waals surface area contributed by atoms with Gasteiger partial charge in [0.15, 0.2) is 27.4 Å². The van der Waals surface area contributed by atoms with Crippen molar-refractivity contribution in [1.82, 2.24) is 18.7 Å². The summed E-state index contributed by atoms with van der Waals surface area (Å²) < 4.78 is 14.4. The Morgan fingerprint density at radius 2 is 1.96 bits per heavy atom. The quantitative estimate of drug-likeness (QED) is 0.602. The fourth-order valence-corrected chi connectivity index (χ4v) is 3.35. The third kappa shape index (κ3) is 2.79. The number of hydrogen-bond acceptors (Lipinski definition) is 6. The number of rotatable bonds is 3. The summed E-state index contributed by atoms with van der Waals surface area (Å²) in [5, 5.41) is 2.74. The van der Waals surface area contributed by atoms with Gasteiger partial charge in [-0.3, -0.25) is 18.7 Å². The molecule has 4 rings (SSSR count). The number of ether oxygens (including phenoxy) is 2. The second-order valence-electron chi connectivity index (χ2n) is 5.96. The van der Waals surface area contributed by atoms with E-state index in [2.05, 4.69) is 26.2 Å². The van der Waals surface area contributed by atoms with E-state index in [1.54, 1.807) is 18.2 Å². The lowest BCUT2D eigenvalue weighted by atomic mass is 10.3. The molecule has 1 aromatic carbocycles. The lowest BCUT2D eigenvalue weighted by molar-refractivity contribution is -0.116. The average Bonchev–Trinajstić information content (AvgIpc) is 3.22. The number of nitrogens with zero attached hydrogens (tertiary/aromatic N) is 4. The first kappa shape index (κ1) is 17.3. The SMILES string of the molecule is Cn1c(=O)c2c(nc(Br)n2CC(=O)Nc2ccc3c(c2)OCO3)n(C)c1=O. The second kappa shape index (κ2) is 6.27. The predicted molar refractivity (Wildman–Crippen MR) is 99.1 cm³/mol. The van der Waals surface area contributed by atoms with Gasteiger partial charge in [-0.05, 0) is 28.1 Å². The molecule has 1 aliphatic heterocycles. The molecule has 10 nitrogen and oxygen atoms in total. The lowest BCUT2D eigenvalue weighted by Crippen LogP contribution is -2.37. The molecule has 2 aromatic heterocycles. The summed E-state index contributed by atoms with van der Waals surface area (Å²) in [5.41, 5.74) is -0.125. The molecular weight excluding hydrogens is 422 g/mol. The minimum atomic E-state index is -0.526. The van der Waals surface area contributed by atoms with Gasteiger partial charge in [-0.2, -0.15) is 0 Å². The van der Waals surface area contributed by atoms with E-state index < -0.39 is 11.2 Å². The van der Waals surface area contributed by atoms with Crippen LogP contribution < -0.4 is 26.0 Å². The maximum absolute atomic E-state index is 12.5. The zero-order valence-electron chi connectivity index (χ0n) is 14.4. The van der Waals surface area contributed by atoms with Crippen LogP contribution in [0.4, 0.5) is 5.69 Å². The Bertz CT molecular complexity index is 1210. The van der Waals surface area contributed by atoms with Crippen LogP contribution in [0.15, 0.2) is 32.5 Å². The number of aromatic nitrogens is 4. The van der Waals surface area contributed by atoms with Gasteiger partial charge in [0.1, 0.15) is 6.54 Å². The van der Waals surface area contributed by atoms with Crippen molar-refractivity contribution in [1.29, 1.82) is 0 Å². The molecule has 1 N–H and O–H groups in total. The normalized spacial score (nSPS) is 12.6. The Hall–Kier alpha value is -3.08. The standard InChI is InChI=1S/C16H14BrN5O5/c1-20-13-12(14(24)21(2)16(20)25)22(15(17)19-13)6-11(23)18-8-3-4-9-10(5-8)27-7-26-9/h3-5H,6-7H2,1-2H3,(H,18,23). The summed E-state index contributed by atoms with van der Waals surface area (Å²) in [4.78, 5) is 41.2. The molecule has 3 aromatic rings. The molecule has 1 aliphatic rings. The summed E-state index contributed by atoms with van der Waals surface area (Å²) in [6.45, 7) is -0.0261. The van der Waals surface area contributed by atoms with Crippen LogP contribution in [0, 0.1) is 0 Å². The van der Waals surface area contributed by atoms with E-state index in [0.29, 0.717) is 17.2 Å². The molecule has 0 saturated carbocycles. The fourth-order valence-electron chi connectivity index (χ4n) is 2.88. The number of fused-ring (bicyclic) bond motifs is 2. The molecule has 11 heteroatoms. The van der Waals surface area contributed by atoms with Crippen molar-refractivity contribution < 1.29 is 14.3 Å². The zero-order chi connectivity index (χ0) is 19.3. The van der Waals surface area contributed by atoms with Crippen molar-refractivity contribution >= 4 is 38.7 Å². The van der Waals surface area contributed by atoms with Gasteiger partial charge in [-0.25, -0.2) is 9.78 Å². The summed E-state index contributed by atoms with van der Waals surface area (Å²) in [5.74, 6) is 0.788. The van der Waals surface area contributed by atoms with E-state index in [-0.39, 0.29) is 35.1 Å². The van der Waals surface area contributed by atoms with Crippen LogP contribution in [0.2, 0.25) is 0 Å². The smallest absolute Gasteiger partial charge is 0.332 e. The molecular formula is C16H14BrN5O5. The van der Waals surface area contributed by atoms with Crippen LogP contribution in [-0.4, -0.2) is 31.4 Å². The highest BCUT2D eigenvalue weighted by atomic mass is 79.9. The van der Waals surface area contributed by atoms with Gasteiger partial charge in [0.05, 0.1) is 0 Å². The maximum Gasteiger partial charge on any atom is 0.332 e. The number of halogens is 1. The zero-order valence-corrected chi connectivity index (χ0v) is 15.9. The largest absolute Gasteiger partial charge is 0.454 e. The molecule has 0 saturated heterocycles. The molecule has 0 bridgehead atoms. The summed E-state index contributed by atoms with van der Waals surface area (Å²) >= 11 is 3.25. The average molecular weight is 436 g/mol. The first-order valence-electron chi connectivity index (χ1n) is 7.88. The van der Waals surface area contributed by atoms with Crippen molar-refractivity contribution in [2.24, 2.45) is 14.1 Å². The predicted octanol–water partition coefficient (Wildman–Crippen LogP) is 0.564. The highest BCUT2D eigenvalue weighted by Gasteiger charge is 2.20. The number of amides is 1. The van der Waals surface area contributed by atoms with Crippen molar-refractivity contribution in [3.8, 4) is 11.5 Å². The van der Waals surface area contributed by atoms with Crippen LogP contribution in [0.1, 0.15) is 0 Å². The summed E-state index contributed by atoms with van der Waals surface area (Å²) in [6.07, 6.45) is 0. The molecule has 0 unspecified atom stereocenters. The Labute approximate surface area is 160 Å². The van der Waals surface area contributed by atoms with Gasteiger partial charge in [0.25, 0.3) is 5.56 Å². The molecule has 0 fully saturated rings. The number of benzene rings is 1. The molecule has 0 spiro atoms. The van der Waals surface area contributed by atoms with Crippen molar-refractivity contribution in [3.63, 3.8) is 0 Å². The molecule has 0 radical (unpaired) electrons. The molecule has 0 aliphatic carbocycles. The van der Waals surface area contributed by atoms with Crippen LogP contribution >= 0.6 is 15.9 Å². The van der Waals surface area contributed by atoms with E-state index in [1.165, 1.54) is 23.2 Å². The highest BCUT2D eigenvalue weighted by molar-refractivity contribution is 9.10. The lowest BCUT2D eigenvalue weighted by Gasteiger charge is -2.09. The number of carbonyl (C=O) groups excluding carboxylic acids is 1. The van der Waals surface area contributed by atoms with E-state index in [1.807, 2.05) is 0 Å². The van der Waals surface area contributed by atoms with Gasteiger partial charge in [-0.15, -0.1) is 0 Å². The van der Waals surface area contributed by atoms with E-state index in [0.717, 1.165) is 4.57 Å². The minimum Gasteiger partial charge on any atom is -0.454 e. The van der Waals surface area contributed by atoms with Crippen LogP contribution in [-0.2, 0) is 25.4 Å². The van der Waals surface area contributed by atoms with E-state index >= 15 is 0 Å². The molecule has 1 amide bonds. The molecule has 27 heavy (non-hydrogen) atoms. The summed E-state index contributed by atoms with van der Waals surface area (Å²) in [6, 6.07) is 5.05. The first-order chi connectivity index (χ1) is 12.9. The van der Waals surface area contributed by atoms with Crippen molar-refractivity contribution in [2.75, 3.05) is 12.1 Å². The molecule has 0 atom stereocenters. The van der Waals surface area contributed by atoms with Gasteiger partial charge >= 0.3 is 5.69 Å². The minimum absolute atomic E-state index is 0.142. The first-order valence-corrected chi connectivity index (χ1v) is 8.67. The summed E-state index contributed by atoms with van der Waals surface area (Å²) in [7, 11) is 2.89. The number of anilines is 1. The Morgan fingerprint density at radius 1 is 1.22 bits per heavy atom. The molecule has 140 valence electrons. The number of aryl methyl sites for hydroxylation is 1. The van der Waals surface area contributed by atoms with Gasteiger partial charge in [-0.1, -0.05) is 0 Å². The fraction of sp³-hybridized carbons (Fsp3) is 0.250. The van der Waals surface area contributed by atoms with Gasteiger partial charge in [0, 0.05) is 25.8 Å². The number of nitrogens with one attached hydrogen (secondary N) is 1. The third-order valence-corrected chi connectivity index (χ3v) is 4.86. The number of carbonyl (C=O) groups is 1. The Kier molecular flexibility index (Phi) is 4.02. The highest BCUT2D eigenvalue weighted by Crippen LogP contribution is 2.34. The second-order valence-corrected chi connectivity index (χ2v) is 6.67. The molecule has 3 heterocycles. The third-order valence-electron chi connectivity index (χ3n) is 4.26. The van der Waals surface area contributed by atoms with Crippen LogP contribution in [0.25, 0.3) is 11.2 Å². The van der Waals surface area contributed by atoms with Gasteiger partial charge < -0.3 is 19.4 Å². The van der Waals surface area contributed by atoms with Crippen molar-refractivity contribution in [3.05, 3.63) is 43.8 Å².